The van der Waals surface area contributed by atoms with Gasteiger partial charge in [-0.15, -0.1) is 6.58 Å². The summed E-state index contributed by atoms with van der Waals surface area (Å²) in [6, 6.07) is 16.1. The monoisotopic (exact) mass is 502 g/mol. The Bertz CT molecular complexity index is 1170. The summed E-state index contributed by atoms with van der Waals surface area (Å²) in [5.41, 5.74) is 3.63. The first-order chi connectivity index (χ1) is 17.9. The molecule has 2 aromatic rings. The van der Waals surface area contributed by atoms with Crippen LogP contribution in [0.5, 0.6) is 0 Å². The predicted molar refractivity (Wildman–Crippen MR) is 142 cm³/mol. The lowest BCUT2D eigenvalue weighted by Crippen LogP contribution is -2.53. The highest BCUT2D eigenvalue weighted by Crippen LogP contribution is 2.32. The van der Waals surface area contributed by atoms with Crippen molar-refractivity contribution < 1.29 is 19.1 Å². The summed E-state index contributed by atoms with van der Waals surface area (Å²) < 4.78 is 5.45. The van der Waals surface area contributed by atoms with Crippen LogP contribution in [0.15, 0.2) is 78.5 Å². The van der Waals surface area contributed by atoms with Crippen LogP contribution in [0.3, 0.4) is 0 Å². The van der Waals surface area contributed by atoms with Gasteiger partial charge in [-0.25, -0.2) is 9.59 Å². The van der Waals surface area contributed by atoms with Crippen molar-refractivity contribution >= 4 is 17.9 Å². The number of esters is 1. The Morgan fingerprint density at radius 3 is 2.35 bits per heavy atom. The lowest BCUT2D eigenvalue weighted by Gasteiger charge is -2.40. The molecule has 1 saturated heterocycles. The quantitative estimate of drug-likeness (QED) is 0.441. The van der Waals surface area contributed by atoms with Crippen molar-refractivity contribution in [2.45, 2.75) is 19.9 Å². The van der Waals surface area contributed by atoms with Gasteiger partial charge in [-0.05, 0) is 31.5 Å². The van der Waals surface area contributed by atoms with E-state index in [1.165, 1.54) is 0 Å². The number of rotatable bonds is 8. The smallest absolute Gasteiger partial charge is 0.338 e. The average molecular weight is 503 g/mol. The van der Waals surface area contributed by atoms with E-state index in [4.69, 9.17) is 4.74 Å². The molecule has 0 radical (unpaired) electrons. The number of carbonyl (C=O) groups excluding carboxylic acids is 3. The molecule has 2 aromatic carbocycles. The summed E-state index contributed by atoms with van der Waals surface area (Å²) in [7, 11) is 0. The number of nitrogens with one attached hydrogen (secondary N) is 1. The molecule has 2 aliphatic heterocycles. The molecule has 8 heteroatoms. The lowest BCUT2D eigenvalue weighted by atomic mass is 9.94. The van der Waals surface area contributed by atoms with Gasteiger partial charge in [0.1, 0.15) is 0 Å². The van der Waals surface area contributed by atoms with Gasteiger partial charge in [-0.2, -0.15) is 0 Å². The Kier molecular flexibility index (Phi) is 8.40. The van der Waals surface area contributed by atoms with E-state index in [1.54, 1.807) is 17.9 Å². The average Bonchev–Trinajstić information content (AvgIpc) is 2.91. The molecule has 4 rings (SSSR count). The summed E-state index contributed by atoms with van der Waals surface area (Å²) in [4.78, 5) is 45.0. The van der Waals surface area contributed by atoms with Gasteiger partial charge < -0.3 is 15.0 Å². The van der Waals surface area contributed by atoms with E-state index in [-0.39, 0.29) is 25.1 Å². The second-order valence-electron chi connectivity index (χ2n) is 9.21. The number of carbonyl (C=O) groups is 3. The number of hydrogen-bond acceptors (Lipinski definition) is 5. The van der Waals surface area contributed by atoms with Gasteiger partial charge in [0.2, 0.25) is 0 Å². The van der Waals surface area contributed by atoms with Crippen LogP contribution in [0, 0.1) is 6.92 Å². The SMILES string of the molecule is C=CCN1C(=O)NC(c2ccccc2)C(C(=O)OCC)=C1CN1CCN(C(=O)c2ccc(C)cc2)CC1. The molecule has 194 valence electrons. The molecule has 0 bridgehead atoms. The van der Waals surface area contributed by atoms with E-state index in [2.05, 4.69) is 16.8 Å². The summed E-state index contributed by atoms with van der Waals surface area (Å²) in [6.45, 7) is 10.8. The van der Waals surface area contributed by atoms with E-state index in [1.807, 2.05) is 66.4 Å². The van der Waals surface area contributed by atoms with Crippen LogP contribution in [0.25, 0.3) is 0 Å². The van der Waals surface area contributed by atoms with Crippen molar-refractivity contribution in [2.24, 2.45) is 0 Å². The topological polar surface area (TPSA) is 82.2 Å². The summed E-state index contributed by atoms with van der Waals surface area (Å²) in [5, 5.41) is 2.98. The van der Waals surface area contributed by atoms with Crippen LogP contribution in [-0.2, 0) is 9.53 Å². The molecule has 0 aromatic heterocycles. The van der Waals surface area contributed by atoms with Gasteiger partial charge in [-0.1, -0.05) is 54.1 Å². The first-order valence-electron chi connectivity index (χ1n) is 12.6. The van der Waals surface area contributed by atoms with E-state index in [0.29, 0.717) is 49.6 Å². The predicted octanol–water partition coefficient (Wildman–Crippen LogP) is 3.52. The third kappa shape index (κ3) is 5.91. The third-order valence-corrected chi connectivity index (χ3v) is 6.71. The van der Waals surface area contributed by atoms with Crippen LogP contribution in [0.1, 0.15) is 34.5 Å². The van der Waals surface area contributed by atoms with Gasteiger partial charge in [-0.3, -0.25) is 14.6 Å². The fourth-order valence-electron chi connectivity index (χ4n) is 4.74. The second kappa shape index (κ2) is 11.9. The number of aryl methyl sites for hydroxylation is 1. The molecule has 0 aliphatic carbocycles. The number of amides is 3. The highest BCUT2D eigenvalue weighted by molar-refractivity contribution is 5.95. The van der Waals surface area contributed by atoms with Gasteiger partial charge in [0.25, 0.3) is 5.91 Å². The molecular formula is C29H34N4O4. The van der Waals surface area contributed by atoms with Crippen molar-refractivity contribution in [3.05, 3.63) is 95.2 Å². The molecule has 2 heterocycles. The number of benzene rings is 2. The maximum absolute atomic E-state index is 13.3. The summed E-state index contributed by atoms with van der Waals surface area (Å²) >= 11 is 0. The van der Waals surface area contributed by atoms with Gasteiger partial charge >= 0.3 is 12.0 Å². The highest BCUT2D eigenvalue weighted by Gasteiger charge is 2.38. The van der Waals surface area contributed by atoms with Gasteiger partial charge in [0.05, 0.1) is 18.2 Å². The molecule has 0 saturated carbocycles. The van der Waals surface area contributed by atoms with E-state index < -0.39 is 12.0 Å². The molecule has 3 amide bonds. The maximum atomic E-state index is 13.3. The van der Waals surface area contributed by atoms with E-state index >= 15 is 0 Å². The number of hydrogen-bond donors (Lipinski definition) is 1. The van der Waals surface area contributed by atoms with Crippen molar-refractivity contribution in [3.8, 4) is 0 Å². The third-order valence-electron chi connectivity index (χ3n) is 6.71. The van der Waals surface area contributed by atoms with Crippen molar-refractivity contribution in [2.75, 3.05) is 45.9 Å². The Morgan fingerprint density at radius 1 is 1.05 bits per heavy atom. The number of urea groups is 1. The maximum Gasteiger partial charge on any atom is 0.338 e. The fourth-order valence-corrected chi connectivity index (χ4v) is 4.74. The molecule has 8 nitrogen and oxygen atoms in total. The standard InChI is InChI=1S/C29H34N4O4/c1-4-15-33-24(20-31-16-18-32(19-17-31)27(34)23-13-11-21(3)12-14-23)25(28(35)37-5-2)26(30-29(33)36)22-9-7-6-8-10-22/h4,6-14,26H,1,5,15-20H2,2-3H3,(H,30,36). The van der Waals surface area contributed by atoms with Crippen molar-refractivity contribution in [3.63, 3.8) is 0 Å². The number of piperazine rings is 1. The minimum atomic E-state index is -0.617. The normalized spacial score (nSPS) is 18.4. The number of ether oxygens (including phenoxy) is 1. The second-order valence-corrected chi connectivity index (χ2v) is 9.21. The van der Waals surface area contributed by atoms with Crippen LogP contribution in [0.4, 0.5) is 4.79 Å². The lowest BCUT2D eigenvalue weighted by molar-refractivity contribution is -0.139. The zero-order chi connectivity index (χ0) is 26.4. The molecule has 2 aliphatic rings. The Morgan fingerprint density at radius 2 is 1.73 bits per heavy atom. The first kappa shape index (κ1) is 26.2. The molecular weight excluding hydrogens is 468 g/mol. The van der Waals surface area contributed by atoms with Crippen molar-refractivity contribution in [1.29, 1.82) is 0 Å². The minimum absolute atomic E-state index is 0.0144. The van der Waals surface area contributed by atoms with Crippen LogP contribution < -0.4 is 5.32 Å². The van der Waals surface area contributed by atoms with Crippen LogP contribution in [0.2, 0.25) is 0 Å². The largest absolute Gasteiger partial charge is 0.463 e. The van der Waals surface area contributed by atoms with E-state index in [0.717, 1.165) is 11.1 Å². The highest BCUT2D eigenvalue weighted by atomic mass is 16.5. The van der Waals surface area contributed by atoms with Crippen LogP contribution >= 0.6 is 0 Å². The molecule has 0 spiro atoms. The summed E-state index contributed by atoms with van der Waals surface area (Å²) in [5.74, 6) is -0.436. The zero-order valence-corrected chi connectivity index (χ0v) is 21.5. The Hall–Kier alpha value is -3.91. The van der Waals surface area contributed by atoms with E-state index in [9.17, 15) is 14.4 Å². The fraction of sp³-hybridized carbons (Fsp3) is 0.345. The molecule has 1 N–H and O–H groups in total. The molecule has 1 fully saturated rings. The van der Waals surface area contributed by atoms with Gasteiger partial charge in [0, 0.05) is 50.5 Å². The zero-order valence-electron chi connectivity index (χ0n) is 21.5. The first-order valence-corrected chi connectivity index (χ1v) is 12.6. The molecule has 37 heavy (non-hydrogen) atoms. The summed E-state index contributed by atoms with van der Waals surface area (Å²) in [6.07, 6.45) is 1.64. The number of nitrogens with zero attached hydrogens (tertiary/aromatic N) is 3. The molecule has 1 atom stereocenters. The Balaban J connectivity index is 1.59. The Labute approximate surface area is 218 Å². The van der Waals surface area contributed by atoms with Crippen molar-refractivity contribution in [1.82, 2.24) is 20.0 Å². The minimum Gasteiger partial charge on any atom is -0.463 e. The van der Waals surface area contributed by atoms with Gasteiger partial charge in [0.15, 0.2) is 0 Å². The molecule has 1 unspecified atom stereocenters. The van der Waals surface area contributed by atoms with Crippen LogP contribution in [-0.4, -0.2) is 78.5 Å².